The zero-order valence-corrected chi connectivity index (χ0v) is 20.0. The molecule has 0 saturated carbocycles. The van der Waals surface area contributed by atoms with Crippen molar-refractivity contribution in [2.75, 3.05) is 6.54 Å². The Morgan fingerprint density at radius 1 is 0.853 bits per heavy atom. The van der Waals surface area contributed by atoms with E-state index in [1.807, 2.05) is 0 Å². The molecule has 0 bridgehead atoms. The predicted molar refractivity (Wildman–Crippen MR) is 124 cm³/mol. The molecule has 4 atom stereocenters. The van der Waals surface area contributed by atoms with Crippen LogP contribution in [0.1, 0.15) is 47.0 Å². The quantitative estimate of drug-likeness (QED) is 0.0662. The van der Waals surface area contributed by atoms with Crippen molar-refractivity contribution < 1.29 is 29.1 Å². The number of hydrogen-bond acceptors (Lipinski definition) is 7. The lowest BCUT2D eigenvalue weighted by Crippen LogP contribution is -2.59. The smallest absolute Gasteiger partial charge is 0.326 e. The van der Waals surface area contributed by atoms with Crippen LogP contribution >= 0.6 is 0 Å². The highest BCUT2D eigenvalue weighted by molar-refractivity contribution is 5.95. The van der Waals surface area contributed by atoms with Gasteiger partial charge in [-0.05, 0) is 24.7 Å². The van der Waals surface area contributed by atoms with Crippen LogP contribution in [-0.4, -0.2) is 71.4 Å². The largest absolute Gasteiger partial charge is 0.480 e. The van der Waals surface area contributed by atoms with E-state index in [-0.39, 0.29) is 24.8 Å². The van der Waals surface area contributed by atoms with Gasteiger partial charge in [-0.25, -0.2) is 4.79 Å². The minimum absolute atomic E-state index is 0.0720. The fourth-order valence-electron chi connectivity index (χ4n) is 2.93. The summed E-state index contributed by atoms with van der Waals surface area (Å²) in [5.74, 6) is -5.17. The Bertz CT molecular complexity index is 757. The summed E-state index contributed by atoms with van der Waals surface area (Å²) in [6, 6.07) is -4.59. The molecule has 34 heavy (non-hydrogen) atoms. The van der Waals surface area contributed by atoms with Crippen LogP contribution in [0.5, 0.6) is 0 Å². The van der Waals surface area contributed by atoms with Gasteiger partial charge < -0.3 is 43.6 Å². The molecular formula is C20H38N8O6. The maximum atomic E-state index is 12.9. The van der Waals surface area contributed by atoms with Crippen LogP contribution < -0.4 is 38.5 Å². The lowest BCUT2D eigenvalue weighted by molar-refractivity contribution is -0.143. The molecule has 12 N–H and O–H groups in total. The van der Waals surface area contributed by atoms with Crippen molar-refractivity contribution >= 4 is 35.6 Å². The number of carboxylic acids is 1. The summed E-state index contributed by atoms with van der Waals surface area (Å²) in [5.41, 5.74) is 15.8. The van der Waals surface area contributed by atoms with Gasteiger partial charge in [0.2, 0.25) is 23.6 Å². The fourth-order valence-corrected chi connectivity index (χ4v) is 2.93. The highest BCUT2D eigenvalue weighted by Gasteiger charge is 2.33. The van der Waals surface area contributed by atoms with Crippen molar-refractivity contribution in [2.45, 2.75) is 71.1 Å². The molecule has 4 amide bonds. The first-order valence-corrected chi connectivity index (χ1v) is 10.9. The molecule has 0 aromatic heterocycles. The van der Waals surface area contributed by atoms with Gasteiger partial charge in [0.05, 0.1) is 12.5 Å². The maximum Gasteiger partial charge on any atom is 0.326 e. The molecule has 0 fully saturated rings. The zero-order chi connectivity index (χ0) is 26.6. The second-order valence-electron chi connectivity index (χ2n) is 8.62. The molecule has 0 aliphatic rings. The number of amides is 4. The summed E-state index contributed by atoms with van der Waals surface area (Å²) in [6.45, 7) is 6.94. The minimum Gasteiger partial charge on any atom is -0.480 e. The average molecular weight is 487 g/mol. The van der Waals surface area contributed by atoms with Crippen LogP contribution in [-0.2, 0) is 24.0 Å². The Kier molecular flexibility index (Phi) is 13.2. The van der Waals surface area contributed by atoms with Gasteiger partial charge in [0.1, 0.15) is 18.1 Å². The molecule has 0 aromatic rings. The van der Waals surface area contributed by atoms with E-state index < -0.39 is 66.1 Å². The number of guanidine groups is 1. The highest BCUT2D eigenvalue weighted by atomic mass is 16.4. The van der Waals surface area contributed by atoms with E-state index in [1.165, 1.54) is 0 Å². The second kappa shape index (κ2) is 14.7. The van der Waals surface area contributed by atoms with Gasteiger partial charge in [0.25, 0.3) is 0 Å². The molecule has 0 rings (SSSR count). The van der Waals surface area contributed by atoms with E-state index in [9.17, 15) is 29.1 Å². The third-order valence-electron chi connectivity index (χ3n) is 4.85. The van der Waals surface area contributed by atoms with E-state index in [0.717, 1.165) is 0 Å². The van der Waals surface area contributed by atoms with Crippen molar-refractivity contribution in [1.29, 1.82) is 5.41 Å². The number of nitrogens with one attached hydrogen (secondary N) is 5. The molecule has 0 aromatic carbocycles. The van der Waals surface area contributed by atoms with E-state index >= 15 is 0 Å². The number of carboxylic acid groups (broad SMARTS) is 1. The molecule has 0 saturated heterocycles. The number of aliphatic carboxylic acids is 1. The van der Waals surface area contributed by atoms with E-state index in [4.69, 9.17) is 22.6 Å². The fraction of sp³-hybridized carbons (Fsp3) is 0.700. The summed E-state index contributed by atoms with van der Waals surface area (Å²) in [4.78, 5) is 60.5. The normalized spacial score (nSPS) is 14.4. The van der Waals surface area contributed by atoms with Crippen molar-refractivity contribution in [2.24, 2.45) is 29.0 Å². The third-order valence-corrected chi connectivity index (χ3v) is 4.85. The number of carbonyl (C=O) groups excluding carboxylic acids is 4. The maximum absolute atomic E-state index is 12.9. The van der Waals surface area contributed by atoms with E-state index in [2.05, 4.69) is 21.3 Å². The van der Waals surface area contributed by atoms with Gasteiger partial charge in [-0.2, -0.15) is 0 Å². The van der Waals surface area contributed by atoms with E-state index in [1.54, 1.807) is 27.7 Å². The zero-order valence-electron chi connectivity index (χ0n) is 20.0. The van der Waals surface area contributed by atoms with Gasteiger partial charge >= 0.3 is 5.97 Å². The number of carbonyl (C=O) groups is 5. The van der Waals surface area contributed by atoms with Crippen molar-refractivity contribution in [3.63, 3.8) is 0 Å². The summed E-state index contributed by atoms with van der Waals surface area (Å²) < 4.78 is 0. The van der Waals surface area contributed by atoms with E-state index in [0.29, 0.717) is 6.42 Å². The van der Waals surface area contributed by atoms with Crippen molar-refractivity contribution in [1.82, 2.24) is 21.3 Å². The Labute approximate surface area is 198 Å². The lowest BCUT2D eigenvalue weighted by atomic mass is 9.98. The molecule has 194 valence electrons. The molecule has 0 heterocycles. The Morgan fingerprint density at radius 3 is 1.74 bits per heavy atom. The molecule has 0 aliphatic heterocycles. The molecular weight excluding hydrogens is 448 g/mol. The Morgan fingerprint density at radius 2 is 1.32 bits per heavy atom. The highest BCUT2D eigenvalue weighted by Crippen LogP contribution is 2.08. The van der Waals surface area contributed by atoms with Crippen LogP contribution in [0.3, 0.4) is 0 Å². The standard InChI is InChI=1S/C20H38N8O6/c1-9(2)14(17(31)26-12(19(33)34)6-5-7-25-20(23)24)28-18(32)15(10(3)4)27-16(30)11(21)8-13(22)29/h9-12,14-15H,5-8,21H2,1-4H3,(H2,22,29)(H,26,31)(H,27,30)(H,28,32)(H,33,34)(H4,23,24,25)/t11-,12-,14-,15-/m0/s1. The van der Waals surface area contributed by atoms with Crippen LogP contribution in [0.2, 0.25) is 0 Å². The second-order valence-corrected chi connectivity index (χ2v) is 8.62. The molecule has 0 unspecified atom stereocenters. The lowest BCUT2D eigenvalue weighted by Gasteiger charge is -2.28. The van der Waals surface area contributed by atoms with Gasteiger partial charge in [-0.3, -0.25) is 24.6 Å². The average Bonchev–Trinajstić information content (AvgIpc) is 2.70. The van der Waals surface area contributed by atoms with Crippen LogP contribution in [0.4, 0.5) is 0 Å². The van der Waals surface area contributed by atoms with Gasteiger partial charge in [-0.1, -0.05) is 27.7 Å². The summed E-state index contributed by atoms with van der Waals surface area (Å²) in [7, 11) is 0. The monoisotopic (exact) mass is 486 g/mol. The topological polar surface area (TPSA) is 256 Å². The first-order valence-electron chi connectivity index (χ1n) is 10.9. The predicted octanol–water partition coefficient (Wildman–Crippen LogP) is -2.70. The first-order chi connectivity index (χ1) is 15.7. The minimum atomic E-state index is -1.25. The van der Waals surface area contributed by atoms with Gasteiger partial charge in [0, 0.05) is 6.54 Å². The van der Waals surface area contributed by atoms with Crippen LogP contribution in [0.25, 0.3) is 0 Å². The number of primary amides is 1. The molecule has 0 aliphatic carbocycles. The molecule has 0 spiro atoms. The summed E-state index contributed by atoms with van der Waals surface area (Å²) in [5, 5.41) is 26.5. The Balaban J connectivity index is 5.27. The Hall–Kier alpha value is -3.42. The number of nitrogens with two attached hydrogens (primary N) is 3. The van der Waals surface area contributed by atoms with Gasteiger partial charge in [0.15, 0.2) is 5.96 Å². The van der Waals surface area contributed by atoms with Gasteiger partial charge in [-0.15, -0.1) is 0 Å². The summed E-state index contributed by atoms with van der Waals surface area (Å²) >= 11 is 0. The third kappa shape index (κ3) is 11.4. The number of hydrogen-bond donors (Lipinski definition) is 9. The number of rotatable bonds is 15. The molecule has 0 radical (unpaired) electrons. The van der Waals surface area contributed by atoms with Crippen LogP contribution in [0, 0.1) is 17.2 Å². The summed E-state index contributed by atoms with van der Waals surface area (Å²) in [6.07, 6.45) is -0.00110. The molecule has 14 nitrogen and oxygen atoms in total. The van der Waals surface area contributed by atoms with Crippen molar-refractivity contribution in [3.05, 3.63) is 0 Å². The SMILES string of the molecule is CC(C)[C@H](NC(=O)[C@@H](NC(=O)[C@@H](N)CC(N)=O)C(C)C)C(=O)N[C@@H](CCCNC(=N)N)C(=O)O. The van der Waals surface area contributed by atoms with Crippen molar-refractivity contribution in [3.8, 4) is 0 Å². The van der Waals surface area contributed by atoms with Crippen LogP contribution in [0.15, 0.2) is 0 Å². The molecule has 14 heteroatoms. The first kappa shape index (κ1) is 30.6.